The standard InChI is InChI=1S/C18H34N4O3S.HI/c1-3-19-17(22-11-6-16(14-22)21-9-4-5-10-21)20-15-18(26(2,23)24)7-12-25-13-8-18;/h16H,3-15H2,1-2H3,(H,19,20);1H. The summed E-state index contributed by atoms with van der Waals surface area (Å²) >= 11 is 0. The van der Waals surface area contributed by atoms with Gasteiger partial charge in [0.05, 0.1) is 11.3 Å². The largest absolute Gasteiger partial charge is 0.381 e. The number of sulfone groups is 1. The normalized spacial score (nSPS) is 26.8. The van der Waals surface area contributed by atoms with Crippen LogP contribution >= 0.6 is 24.0 Å². The van der Waals surface area contributed by atoms with E-state index in [1.54, 1.807) is 0 Å². The predicted molar refractivity (Wildman–Crippen MR) is 120 cm³/mol. The lowest BCUT2D eigenvalue weighted by Gasteiger charge is -2.34. The Labute approximate surface area is 181 Å². The maximum atomic E-state index is 12.5. The molecule has 3 aliphatic heterocycles. The smallest absolute Gasteiger partial charge is 0.194 e. The molecule has 27 heavy (non-hydrogen) atoms. The Morgan fingerprint density at radius 1 is 1.22 bits per heavy atom. The Hall–Kier alpha value is -0.130. The molecule has 3 saturated heterocycles. The second-order valence-electron chi connectivity index (χ2n) is 7.87. The fraction of sp³-hybridized carbons (Fsp3) is 0.944. The molecule has 3 heterocycles. The van der Waals surface area contributed by atoms with Crippen molar-refractivity contribution in [1.29, 1.82) is 0 Å². The van der Waals surface area contributed by atoms with Crippen molar-refractivity contribution < 1.29 is 13.2 Å². The van der Waals surface area contributed by atoms with E-state index >= 15 is 0 Å². The van der Waals surface area contributed by atoms with Crippen LogP contribution in [0.4, 0.5) is 0 Å². The summed E-state index contributed by atoms with van der Waals surface area (Å²) in [6, 6.07) is 0.605. The number of likely N-dealkylation sites (tertiary alicyclic amines) is 2. The van der Waals surface area contributed by atoms with Crippen LogP contribution in [-0.2, 0) is 14.6 Å². The Balaban J connectivity index is 0.00000261. The molecule has 0 spiro atoms. The predicted octanol–water partition coefficient (Wildman–Crippen LogP) is 1.33. The number of nitrogens with zero attached hydrogens (tertiary/aromatic N) is 3. The van der Waals surface area contributed by atoms with Crippen molar-refractivity contribution >= 4 is 39.8 Å². The van der Waals surface area contributed by atoms with Crippen LogP contribution in [0, 0.1) is 0 Å². The van der Waals surface area contributed by atoms with E-state index in [-0.39, 0.29) is 24.0 Å². The van der Waals surface area contributed by atoms with Crippen molar-refractivity contribution in [3.8, 4) is 0 Å². The first-order valence-corrected chi connectivity index (χ1v) is 11.9. The van der Waals surface area contributed by atoms with Crippen LogP contribution in [0.25, 0.3) is 0 Å². The first-order chi connectivity index (χ1) is 12.5. The minimum absolute atomic E-state index is 0. The SMILES string of the molecule is CCNC(=NCC1(S(C)(=O)=O)CCOCC1)N1CCC(N2CCCC2)C1.I. The number of hydrogen-bond donors (Lipinski definition) is 1. The van der Waals surface area contributed by atoms with Crippen LogP contribution in [0.2, 0.25) is 0 Å². The molecule has 1 N–H and O–H groups in total. The minimum Gasteiger partial charge on any atom is -0.381 e. The lowest BCUT2D eigenvalue weighted by molar-refractivity contribution is 0.0767. The molecular weight excluding hydrogens is 479 g/mol. The van der Waals surface area contributed by atoms with Gasteiger partial charge in [-0.2, -0.15) is 0 Å². The Kier molecular flexibility index (Phi) is 8.63. The molecule has 7 nitrogen and oxygen atoms in total. The number of hydrogen-bond acceptors (Lipinski definition) is 5. The summed E-state index contributed by atoms with van der Waals surface area (Å²) in [5.41, 5.74) is 0. The topological polar surface area (TPSA) is 74.2 Å². The third-order valence-electron chi connectivity index (χ3n) is 6.16. The number of ether oxygens (including phenoxy) is 1. The van der Waals surface area contributed by atoms with Crippen molar-refractivity contribution in [3.05, 3.63) is 0 Å². The Morgan fingerprint density at radius 2 is 1.89 bits per heavy atom. The zero-order chi connectivity index (χ0) is 18.6. The fourth-order valence-corrected chi connectivity index (χ4v) is 5.58. The summed E-state index contributed by atoms with van der Waals surface area (Å²) < 4.78 is 29.5. The molecule has 3 fully saturated rings. The number of guanidine groups is 1. The molecule has 3 rings (SSSR count). The monoisotopic (exact) mass is 514 g/mol. The molecule has 0 aromatic heterocycles. The van der Waals surface area contributed by atoms with E-state index in [2.05, 4.69) is 22.0 Å². The van der Waals surface area contributed by atoms with Crippen molar-refractivity contribution in [3.63, 3.8) is 0 Å². The number of nitrogens with one attached hydrogen (secondary N) is 1. The van der Waals surface area contributed by atoms with E-state index in [4.69, 9.17) is 9.73 Å². The van der Waals surface area contributed by atoms with Crippen LogP contribution in [0.3, 0.4) is 0 Å². The average Bonchev–Trinajstić information content (AvgIpc) is 3.29. The summed E-state index contributed by atoms with van der Waals surface area (Å²) in [4.78, 5) is 9.70. The molecule has 0 amide bonds. The number of aliphatic imine (C=N–C) groups is 1. The first-order valence-electron chi connectivity index (χ1n) is 10.00. The molecule has 9 heteroatoms. The zero-order valence-electron chi connectivity index (χ0n) is 16.7. The summed E-state index contributed by atoms with van der Waals surface area (Å²) in [5.74, 6) is 0.865. The third kappa shape index (κ3) is 5.48. The van der Waals surface area contributed by atoms with Gasteiger partial charge in [-0.25, -0.2) is 8.42 Å². The van der Waals surface area contributed by atoms with Gasteiger partial charge in [0.1, 0.15) is 0 Å². The lowest BCUT2D eigenvalue weighted by Crippen LogP contribution is -2.48. The number of rotatable bonds is 5. The highest BCUT2D eigenvalue weighted by atomic mass is 127. The fourth-order valence-electron chi connectivity index (χ4n) is 4.37. The van der Waals surface area contributed by atoms with E-state index in [1.165, 1.54) is 32.2 Å². The van der Waals surface area contributed by atoms with E-state index in [0.29, 0.717) is 38.6 Å². The van der Waals surface area contributed by atoms with Gasteiger partial charge < -0.3 is 15.0 Å². The Morgan fingerprint density at radius 3 is 2.48 bits per heavy atom. The van der Waals surface area contributed by atoms with Crippen LogP contribution in [0.5, 0.6) is 0 Å². The van der Waals surface area contributed by atoms with Crippen LogP contribution in [0.1, 0.15) is 39.0 Å². The van der Waals surface area contributed by atoms with Crippen molar-refractivity contribution in [2.24, 2.45) is 4.99 Å². The van der Waals surface area contributed by atoms with Crippen molar-refractivity contribution in [2.45, 2.75) is 49.8 Å². The van der Waals surface area contributed by atoms with Gasteiger partial charge in [-0.1, -0.05) is 0 Å². The summed E-state index contributed by atoms with van der Waals surface area (Å²) in [6.07, 6.45) is 6.19. The minimum atomic E-state index is -3.19. The van der Waals surface area contributed by atoms with Crippen molar-refractivity contribution in [1.82, 2.24) is 15.1 Å². The second-order valence-corrected chi connectivity index (χ2v) is 10.3. The highest BCUT2D eigenvalue weighted by Gasteiger charge is 2.42. The van der Waals surface area contributed by atoms with Gasteiger partial charge >= 0.3 is 0 Å². The lowest BCUT2D eigenvalue weighted by atomic mass is 9.99. The third-order valence-corrected chi connectivity index (χ3v) is 8.27. The van der Waals surface area contributed by atoms with E-state index in [1.807, 2.05) is 0 Å². The molecular formula is C18H35IN4O3S. The molecule has 3 aliphatic rings. The average molecular weight is 514 g/mol. The maximum Gasteiger partial charge on any atom is 0.194 e. The van der Waals surface area contributed by atoms with Crippen LogP contribution in [-0.4, -0.2) is 93.7 Å². The maximum absolute atomic E-state index is 12.5. The first kappa shape index (κ1) is 23.2. The molecule has 1 unspecified atom stereocenters. The van der Waals surface area contributed by atoms with E-state index in [0.717, 1.165) is 32.0 Å². The van der Waals surface area contributed by atoms with Gasteiger partial charge in [0.25, 0.3) is 0 Å². The molecule has 0 aliphatic carbocycles. The molecule has 158 valence electrons. The van der Waals surface area contributed by atoms with Crippen LogP contribution in [0.15, 0.2) is 4.99 Å². The van der Waals surface area contributed by atoms with E-state index in [9.17, 15) is 8.42 Å². The second kappa shape index (κ2) is 10.1. The van der Waals surface area contributed by atoms with Gasteiger partial charge in [-0.15, -0.1) is 24.0 Å². The molecule has 0 aromatic rings. The highest BCUT2D eigenvalue weighted by molar-refractivity contribution is 14.0. The molecule has 1 atom stereocenters. The van der Waals surface area contributed by atoms with Gasteiger partial charge in [0.15, 0.2) is 15.8 Å². The zero-order valence-corrected chi connectivity index (χ0v) is 19.8. The quantitative estimate of drug-likeness (QED) is 0.339. The molecule has 0 saturated carbocycles. The Bertz CT molecular complexity index is 602. The number of halogens is 1. The molecule has 0 bridgehead atoms. The van der Waals surface area contributed by atoms with Gasteiger partial charge in [-0.05, 0) is 52.1 Å². The van der Waals surface area contributed by atoms with Crippen molar-refractivity contribution in [2.75, 3.05) is 58.7 Å². The van der Waals surface area contributed by atoms with Gasteiger partial charge in [0, 0.05) is 45.1 Å². The molecule has 0 radical (unpaired) electrons. The molecule has 0 aromatic carbocycles. The summed E-state index contributed by atoms with van der Waals surface area (Å²) in [6.45, 7) is 8.57. The van der Waals surface area contributed by atoms with Gasteiger partial charge in [0.2, 0.25) is 0 Å². The van der Waals surface area contributed by atoms with Gasteiger partial charge in [-0.3, -0.25) is 9.89 Å². The summed E-state index contributed by atoms with van der Waals surface area (Å²) in [5, 5.41) is 3.38. The summed E-state index contributed by atoms with van der Waals surface area (Å²) in [7, 11) is -3.19. The van der Waals surface area contributed by atoms with E-state index < -0.39 is 14.6 Å². The highest BCUT2D eigenvalue weighted by Crippen LogP contribution is 2.30. The van der Waals surface area contributed by atoms with Crippen LogP contribution < -0.4 is 5.32 Å².